The highest BCUT2D eigenvalue weighted by Gasteiger charge is 2.32. The highest BCUT2D eigenvalue weighted by molar-refractivity contribution is 5.69. The van der Waals surface area contributed by atoms with E-state index >= 15 is 0 Å². The van der Waals surface area contributed by atoms with Gasteiger partial charge in [-0.05, 0) is 12.8 Å². The molecular weight excluding hydrogens is 360 g/mol. The van der Waals surface area contributed by atoms with Crippen LogP contribution in [-0.2, 0) is 19.1 Å². The molecule has 0 bridgehead atoms. The lowest BCUT2D eigenvalue weighted by molar-refractivity contribution is -0.159. The Morgan fingerprint density at radius 3 is 1.39 bits per heavy atom. The van der Waals surface area contributed by atoms with E-state index in [0.29, 0.717) is 12.8 Å². The summed E-state index contributed by atoms with van der Waals surface area (Å²) in [4.78, 5) is 23.7. The molecule has 0 aromatic heterocycles. The zero-order chi connectivity index (χ0) is 21.1. The van der Waals surface area contributed by atoms with Gasteiger partial charge in [-0.3, -0.25) is 9.59 Å². The fourth-order valence-corrected chi connectivity index (χ4v) is 2.81. The highest BCUT2D eigenvalue weighted by Crippen LogP contribution is 2.19. The smallest absolute Gasteiger partial charge is 0.305 e. The second kappa shape index (κ2) is 17.9. The van der Waals surface area contributed by atoms with Crippen molar-refractivity contribution >= 4 is 11.9 Å². The summed E-state index contributed by atoms with van der Waals surface area (Å²) < 4.78 is 10.4. The minimum Gasteiger partial charge on any atom is -0.465 e. The number of carbonyl (C=O) groups excluding carboxylic acids is 2. The summed E-state index contributed by atoms with van der Waals surface area (Å²) >= 11 is 0. The maximum absolute atomic E-state index is 11.9. The van der Waals surface area contributed by atoms with Crippen LogP contribution in [0.2, 0.25) is 0 Å². The monoisotopic (exact) mass is 402 g/mol. The van der Waals surface area contributed by atoms with Gasteiger partial charge in [0.15, 0.2) is 0 Å². The molecule has 28 heavy (non-hydrogen) atoms. The quantitative estimate of drug-likeness (QED) is 0.249. The van der Waals surface area contributed by atoms with Gasteiger partial charge in [-0.1, -0.05) is 71.6 Å². The van der Waals surface area contributed by atoms with Crippen molar-refractivity contribution in [3.63, 3.8) is 0 Å². The zero-order valence-electron chi connectivity index (χ0n) is 18.0. The maximum Gasteiger partial charge on any atom is 0.305 e. The second-order valence-corrected chi connectivity index (χ2v) is 7.82. The molecule has 2 N–H and O–H groups in total. The Hall–Kier alpha value is -1.14. The molecule has 0 saturated heterocycles. The van der Waals surface area contributed by atoms with E-state index < -0.39 is 18.6 Å². The standard InChI is InChI=1S/C22H42O6/c1-3-5-7-9-10-11-13-15-21(26)28-19-22(16-23,17-24)18-27-20(25)14-12-8-6-4-2/h23-24H,3-19H2,1-2H3. The van der Waals surface area contributed by atoms with Crippen molar-refractivity contribution in [1.82, 2.24) is 0 Å². The van der Waals surface area contributed by atoms with E-state index in [2.05, 4.69) is 13.8 Å². The summed E-state index contributed by atoms with van der Waals surface area (Å²) in [6.45, 7) is 3.14. The number of aliphatic hydroxyl groups is 2. The molecule has 0 spiro atoms. The molecule has 6 nitrogen and oxygen atoms in total. The van der Waals surface area contributed by atoms with Crippen LogP contribution in [0.3, 0.4) is 0 Å². The largest absolute Gasteiger partial charge is 0.465 e. The normalized spacial score (nSPS) is 11.4. The summed E-state index contributed by atoms with van der Waals surface area (Å²) in [5.41, 5.74) is -1.14. The molecule has 0 unspecified atom stereocenters. The molecule has 166 valence electrons. The van der Waals surface area contributed by atoms with E-state index in [9.17, 15) is 19.8 Å². The first-order valence-electron chi connectivity index (χ1n) is 11.1. The maximum atomic E-state index is 11.9. The van der Waals surface area contributed by atoms with Crippen LogP contribution in [0.5, 0.6) is 0 Å². The molecule has 6 heteroatoms. The van der Waals surface area contributed by atoms with Crippen molar-refractivity contribution in [1.29, 1.82) is 0 Å². The Kier molecular flexibility index (Phi) is 17.2. The number of hydrogen-bond acceptors (Lipinski definition) is 6. The van der Waals surface area contributed by atoms with Crippen LogP contribution in [-0.4, -0.2) is 48.6 Å². The molecule has 0 atom stereocenters. The van der Waals surface area contributed by atoms with Crippen molar-refractivity contribution in [2.45, 2.75) is 97.3 Å². The Morgan fingerprint density at radius 1 is 0.643 bits per heavy atom. The van der Waals surface area contributed by atoms with Gasteiger partial charge in [-0.2, -0.15) is 0 Å². The average molecular weight is 403 g/mol. The predicted octanol–water partition coefficient (Wildman–Crippen LogP) is 4.15. The molecule has 0 fully saturated rings. The second-order valence-electron chi connectivity index (χ2n) is 7.82. The van der Waals surface area contributed by atoms with Crippen LogP contribution >= 0.6 is 0 Å². The molecule has 0 heterocycles. The number of unbranched alkanes of at least 4 members (excludes halogenated alkanes) is 9. The van der Waals surface area contributed by atoms with Crippen molar-refractivity contribution in [2.24, 2.45) is 5.41 Å². The number of carbonyl (C=O) groups is 2. The van der Waals surface area contributed by atoms with Gasteiger partial charge >= 0.3 is 11.9 Å². The van der Waals surface area contributed by atoms with Gasteiger partial charge < -0.3 is 19.7 Å². The fourth-order valence-electron chi connectivity index (χ4n) is 2.81. The summed E-state index contributed by atoms with van der Waals surface area (Å²) in [6, 6.07) is 0. The van der Waals surface area contributed by atoms with Gasteiger partial charge in [0.25, 0.3) is 0 Å². The summed E-state index contributed by atoms with van der Waals surface area (Å²) in [5.74, 6) is -0.692. The third-order valence-electron chi connectivity index (χ3n) is 4.97. The lowest BCUT2D eigenvalue weighted by atomic mass is 9.92. The average Bonchev–Trinajstić information content (AvgIpc) is 2.71. The molecule has 0 radical (unpaired) electrons. The van der Waals surface area contributed by atoms with Crippen LogP contribution in [0, 0.1) is 5.41 Å². The van der Waals surface area contributed by atoms with Crippen molar-refractivity contribution in [3.05, 3.63) is 0 Å². The molecule has 0 aromatic rings. The summed E-state index contributed by atoms with van der Waals surface area (Å²) in [5, 5.41) is 19.2. The van der Waals surface area contributed by atoms with Crippen molar-refractivity contribution < 1.29 is 29.3 Å². The third-order valence-corrected chi connectivity index (χ3v) is 4.97. The number of aliphatic hydroxyl groups excluding tert-OH is 2. The first-order chi connectivity index (χ1) is 13.5. The predicted molar refractivity (Wildman–Crippen MR) is 110 cm³/mol. The lowest BCUT2D eigenvalue weighted by Crippen LogP contribution is -2.41. The van der Waals surface area contributed by atoms with Gasteiger partial charge in [0.2, 0.25) is 0 Å². The Morgan fingerprint density at radius 2 is 1.00 bits per heavy atom. The molecule has 0 amide bonds. The minimum absolute atomic E-state index is 0.154. The number of ether oxygens (including phenoxy) is 2. The van der Waals surface area contributed by atoms with Gasteiger partial charge in [0.05, 0.1) is 18.6 Å². The Balaban J connectivity index is 4.06. The minimum atomic E-state index is -1.14. The van der Waals surface area contributed by atoms with E-state index in [1.807, 2.05) is 0 Å². The number of esters is 2. The van der Waals surface area contributed by atoms with Crippen LogP contribution in [0.15, 0.2) is 0 Å². The van der Waals surface area contributed by atoms with E-state index in [4.69, 9.17) is 9.47 Å². The van der Waals surface area contributed by atoms with Gasteiger partial charge in [-0.15, -0.1) is 0 Å². The molecular formula is C22H42O6. The SMILES string of the molecule is CCCCCCCCCC(=O)OCC(CO)(CO)COC(=O)CCCCCC. The molecule has 0 aromatic carbocycles. The van der Waals surface area contributed by atoms with E-state index in [1.165, 1.54) is 25.7 Å². The van der Waals surface area contributed by atoms with Gasteiger partial charge in [0, 0.05) is 12.8 Å². The van der Waals surface area contributed by atoms with Crippen LogP contribution in [0.4, 0.5) is 0 Å². The summed E-state index contributed by atoms with van der Waals surface area (Å²) in [6.07, 6.45) is 12.4. The molecule has 0 aliphatic rings. The van der Waals surface area contributed by atoms with Crippen LogP contribution in [0.25, 0.3) is 0 Å². The number of hydrogen-bond donors (Lipinski definition) is 2. The third kappa shape index (κ3) is 13.9. The molecule has 0 rings (SSSR count). The summed E-state index contributed by atoms with van der Waals surface area (Å²) in [7, 11) is 0. The van der Waals surface area contributed by atoms with Crippen molar-refractivity contribution in [3.8, 4) is 0 Å². The van der Waals surface area contributed by atoms with Crippen LogP contribution < -0.4 is 0 Å². The van der Waals surface area contributed by atoms with Crippen LogP contribution in [0.1, 0.15) is 97.3 Å². The first-order valence-corrected chi connectivity index (χ1v) is 11.1. The highest BCUT2D eigenvalue weighted by atomic mass is 16.5. The molecule has 0 aliphatic carbocycles. The fraction of sp³-hybridized carbons (Fsp3) is 0.909. The van der Waals surface area contributed by atoms with Gasteiger partial charge in [0.1, 0.15) is 13.2 Å². The zero-order valence-corrected chi connectivity index (χ0v) is 18.0. The Bertz CT molecular complexity index is 392. The van der Waals surface area contributed by atoms with Gasteiger partial charge in [-0.25, -0.2) is 0 Å². The van der Waals surface area contributed by atoms with Crippen molar-refractivity contribution in [2.75, 3.05) is 26.4 Å². The van der Waals surface area contributed by atoms with E-state index in [0.717, 1.165) is 44.9 Å². The molecule has 0 aliphatic heterocycles. The number of rotatable bonds is 19. The lowest BCUT2D eigenvalue weighted by Gasteiger charge is -2.28. The Labute approximate surface area is 171 Å². The molecule has 0 saturated carbocycles. The first kappa shape index (κ1) is 26.9. The topological polar surface area (TPSA) is 93.1 Å². The van der Waals surface area contributed by atoms with E-state index in [-0.39, 0.29) is 25.2 Å². The van der Waals surface area contributed by atoms with E-state index in [1.54, 1.807) is 0 Å².